The maximum atomic E-state index is 12.3. The van der Waals surface area contributed by atoms with Crippen LogP contribution >= 0.6 is 0 Å². The monoisotopic (exact) mass is 742 g/mol. The topological polar surface area (TPSA) is 69.6 Å². The van der Waals surface area contributed by atoms with Gasteiger partial charge in [0.05, 0.1) is 18.8 Å². The zero-order valence-corrected chi connectivity index (χ0v) is 35.5. The lowest BCUT2D eigenvalue weighted by atomic mass is 10.0. The lowest BCUT2D eigenvalue weighted by Crippen LogP contribution is -2.45. The molecule has 2 atom stereocenters. The Balaban J connectivity index is 3.42. The lowest BCUT2D eigenvalue weighted by molar-refractivity contribution is -0.123. The molecule has 0 aliphatic heterocycles. The zero-order chi connectivity index (χ0) is 38.6. The van der Waals surface area contributed by atoms with Crippen LogP contribution in [-0.2, 0) is 4.79 Å². The zero-order valence-electron chi connectivity index (χ0n) is 35.5. The third-order valence-corrected chi connectivity index (χ3v) is 10.6. The SMILES string of the molecule is CCCCCCC/C=C\C/C=C\C/C=C\CCCCCCCCCCCCCCCCCCCCC(=O)NC(CO)C(O)/C=C/CCCCCCCC. The van der Waals surface area contributed by atoms with E-state index in [0.717, 1.165) is 38.5 Å². The van der Waals surface area contributed by atoms with Gasteiger partial charge in [0, 0.05) is 6.42 Å². The van der Waals surface area contributed by atoms with Gasteiger partial charge in [-0.15, -0.1) is 0 Å². The van der Waals surface area contributed by atoms with Crippen LogP contribution in [0, 0.1) is 0 Å². The van der Waals surface area contributed by atoms with Crippen molar-refractivity contribution in [1.82, 2.24) is 5.32 Å². The van der Waals surface area contributed by atoms with Crippen LogP contribution in [0.5, 0.6) is 0 Å². The Bertz CT molecular complexity index is 847. The van der Waals surface area contributed by atoms with Gasteiger partial charge in [-0.05, 0) is 57.8 Å². The standard InChI is InChI=1S/C49H91NO3/c1-3-5-7-9-11-13-14-15-16-17-18-19-20-21-22-23-24-25-26-27-28-29-30-31-32-33-34-35-36-37-39-41-43-45-49(53)50-47(46-51)48(52)44-42-40-38-12-10-8-6-4-2/h14-15,17-18,20-21,42,44,47-48,51-52H,3-13,16,19,22-41,43,45-46H2,1-2H3,(H,50,53)/b15-14-,18-17-,21-20-,44-42+. The van der Waals surface area contributed by atoms with Crippen molar-refractivity contribution in [3.8, 4) is 0 Å². The Kier molecular flexibility index (Phi) is 43.4. The molecule has 310 valence electrons. The molecule has 4 heteroatoms. The van der Waals surface area contributed by atoms with Crippen molar-refractivity contribution in [2.75, 3.05) is 6.61 Å². The predicted molar refractivity (Wildman–Crippen MR) is 235 cm³/mol. The van der Waals surface area contributed by atoms with Crippen molar-refractivity contribution in [2.45, 2.75) is 251 Å². The number of nitrogens with one attached hydrogen (secondary N) is 1. The number of amides is 1. The first kappa shape index (κ1) is 51.4. The Labute approximate surface area is 331 Å². The highest BCUT2D eigenvalue weighted by atomic mass is 16.3. The summed E-state index contributed by atoms with van der Waals surface area (Å²) in [5.41, 5.74) is 0. The molecule has 0 rings (SSSR count). The molecule has 0 aromatic carbocycles. The summed E-state index contributed by atoms with van der Waals surface area (Å²) in [5, 5.41) is 22.8. The van der Waals surface area contributed by atoms with E-state index in [2.05, 4.69) is 55.6 Å². The second-order valence-electron chi connectivity index (χ2n) is 15.8. The van der Waals surface area contributed by atoms with Crippen LogP contribution in [0.15, 0.2) is 48.6 Å². The molecule has 0 aliphatic rings. The van der Waals surface area contributed by atoms with E-state index in [9.17, 15) is 15.0 Å². The number of unbranched alkanes of at least 4 members (excludes halogenated alkanes) is 29. The molecule has 0 aromatic rings. The van der Waals surface area contributed by atoms with E-state index < -0.39 is 12.1 Å². The first-order valence-electron chi connectivity index (χ1n) is 23.4. The molecular weight excluding hydrogens is 651 g/mol. The largest absolute Gasteiger partial charge is 0.394 e. The minimum Gasteiger partial charge on any atom is -0.394 e. The van der Waals surface area contributed by atoms with Gasteiger partial charge in [-0.3, -0.25) is 4.79 Å². The van der Waals surface area contributed by atoms with Crippen molar-refractivity contribution in [3.63, 3.8) is 0 Å². The summed E-state index contributed by atoms with van der Waals surface area (Å²) in [6, 6.07) is -0.618. The molecule has 4 nitrogen and oxygen atoms in total. The Morgan fingerprint density at radius 2 is 0.774 bits per heavy atom. The van der Waals surface area contributed by atoms with Crippen LogP contribution < -0.4 is 5.32 Å². The molecule has 0 radical (unpaired) electrons. The average molecular weight is 742 g/mol. The normalized spacial score (nSPS) is 13.4. The van der Waals surface area contributed by atoms with Crippen molar-refractivity contribution in [2.24, 2.45) is 0 Å². The third-order valence-electron chi connectivity index (χ3n) is 10.6. The van der Waals surface area contributed by atoms with Gasteiger partial charge < -0.3 is 15.5 Å². The molecule has 0 aromatic heterocycles. The second kappa shape index (κ2) is 44.7. The van der Waals surface area contributed by atoms with Gasteiger partial charge in [-0.25, -0.2) is 0 Å². The molecule has 0 bridgehead atoms. The van der Waals surface area contributed by atoms with E-state index in [4.69, 9.17) is 0 Å². The molecule has 0 fully saturated rings. The fourth-order valence-electron chi connectivity index (χ4n) is 6.95. The second-order valence-corrected chi connectivity index (χ2v) is 15.8. The summed E-state index contributed by atoms with van der Waals surface area (Å²) in [5.74, 6) is -0.0666. The Morgan fingerprint density at radius 1 is 0.453 bits per heavy atom. The number of hydrogen-bond donors (Lipinski definition) is 3. The first-order chi connectivity index (χ1) is 26.2. The van der Waals surface area contributed by atoms with Gasteiger partial charge in [0.15, 0.2) is 0 Å². The van der Waals surface area contributed by atoms with E-state index in [1.807, 2.05) is 6.08 Å². The number of carbonyl (C=O) groups excluding carboxylic acids is 1. The third kappa shape index (κ3) is 41.4. The van der Waals surface area contributed by atoms with E-state index in [1.54, 1.807) is 6.08 Å². The van der Waals surface area contributed by atoms with Gasteiger partial charge in [-0.2, -0.15) is 0 Å². The molecule has 0 aliphatic carbocycles. The quantitative estimate of drug-likeness (QED) is 0.0431. The number of aliphatic hydroxyl groups is 2. The van der Waals surface area contributed by atoms with Crippen LogP contribution in [0.3, 0.4) is 0 Å². The molecule has 1 amide bonds. The minimum absolute atomic E-state index is 0.0666. The number of aliphatic hydroxyl groups excluding tert-OH is 2. The van der Waals surface area contributed by atoms with Crippen LogP contribution in [0.4, 0.5) is 0 Å². The molecule has 0 spiro atoms. The number of carbonyl (C=O) groups is 1. The van der Waals surface area contributed by atoms with Gasteiger partial charge in [0.25, 0.3) is 0 Å². The van der Waals surface area contributed by atoms with Crippen LogP contribution in [-0.4, -0.2) is 34.9 Å². The molecule has 0 saturated carbocycles. The maximum absolute atomic E-state index is 12.3. The highest BCUT2D eigenvalue weighted by Crippen LogP contribution is 2.15. The molecule has 0 saturated heterocycles. The molecule has 0 heterocycles. The van der Waals surface area contributed by atoms with E-state index in [-0.39, 0.29) is 12.5 Å². The maximum Gasteiger partial charge on any atom is 0.220 e. The fourth-order valence-corrected chi connectivity index (χ4v) is 6.95. The predicted octanol–water partition coefficient (Wildman–Crippen LogP) is 14.7. The summed E-state index contributed by atoms with van der Waals surface area (Å²) in [4.78, 5) is 12.3. The van der Waals surface area contributed by atoms with Crippen molar-refractivity contribution in [3.05, 3.63) is 48.6 Å². The molecular formula is C49H91NO3. The van der Waals surface area contributed by atoms with Gasteiger partial charge in [0.1, 0.15) is 0 Å². The number of rotatable bonds is 42. The van der Waals surface area contributed by atoms with E-state index in [1.165, 1.54) is 180 Å². The lowest BCUT2D eigenvalue weighted by Gasteiger charge is -2.20. The van der Waals surface area contributed by atoms with E-state index >= 15 is 0 Å². The smallest absolute Gasteiger partial charge is 0.220 e. The first-order valence-corrected chi connectivity index (χ1v) is 23.4. The summed E-state index contributed by atoms with van der Waals surface area (Å²) >= 11 is 0. The minimum atomic E-state index is -0.835. The highest BCUT2D eigenvalue weighted by Gasteiger charge is 2.17. The average Bonchev–Trinajstić information content (AvgIpc) is 3.16. The Hall–Kier alpha value is -1.65. The van der Waals surface area contributed by atoms with Gasteiger partial charge in [0.2, 0.25) is 5.91 Å². The van der Waals surface area contributed by atoms with Gasteiger partial charge in [-0.1, -0.05) is 223 Å². The summed E-state index contributed by atoms with van der Waals surface area (Å²) < 4.78 is 0. The number of allylic oxidation sites excluding steroid dienone is 7. The van der Waals surface area contributed by atoms with Crippen molar-refractivity contribution < 1.29 is 15.0 Å². The molecule has 2 unspecified atom stereocenters. The van der Waals surface area contributed by atoms with Crippen LogP contribution in [0.25, 0.3) is 0 Å². The number of hydrogen-bond acceptors (Lipinski definition) is 3. The van der Waals surface area contributed by atoms with Crippen molar-refractivity contribution in [1.29, 1.82) is 0 Å². The summed E-state index contributed by atoms with van der Waals surface area (Å²) in [6.07, 6.45) is 61.1. The Morgan fingerprint density at radius 3 is 1.15 bits per heavy atom. The van der Waals surface area contributed by atoms with Crippen LogP contribution in [0.1, 0.15) is 239 Å². The summed E-state index contributed by atoms with van der Waals surface area (Å²) in [7, 11) is 0. The van der Waals surface area contributed by atoms with Crippen LogP contribution in [0.2, 0.25) is 0 Å². The van der Waals surface area contributed by atoms with Gasteiger partial charge >= 0.3 is 0 Å². The fraction of sp³-hybridized carbons (Fsp3) is 0.816. The summed E-state index contributed by atoms with van der Waals surface area (Å²) in [6.45, 7) is 4.26. The van der Waals surface area contributed by atoms with Crippen molar-refractivity contribution >= 4 is 5.91 Å². The molecule has 3 N–H and O–H groups in total. The van der Waals surface area contributed by atoms with E-state index in [0.29, 0.717) is 6.42 Å². The highest BCUT2D eigenvalue weighted by molar-refractivity contribution is 5.76. The molecule has 53 heavy (non-hydrogen) atoms.